The predicted molar refractivity (Wildman–Crippen MR) is 111 cm³/mol. The first-order valence-corrected chi connectivity index (χ1v) is 10.4. The zero-order valence-electron chi connectivity index (χ0n) is 15.4. The highest BCUT2D eigenvalue weighted by Gasteiger charge is 2.46. The summed E-state index contributed by atoms with van der Waals surface area (Å²) in [6, 6.07) is 5.97. The molecule has 1 fully saturated rings. The van der Waals surface area contributed by atoms with Gasteiger partial charge in [-0.1, -0.05) is 42.6 Å². The molecule has 3 rings (SSSR count). The summed E-state index contributed by atoms with van der Waals surface area (Å²) >= 11 is 13.7. The van der Waals surface area contributed by atoms with Gasteiger partial charge in [0.1, 0.15) is 11.5 Å². The lowest BCUT2D eigenvalue weighted by atomic mass is 9.99. The highest BCUT2D eigenvalue weighted by atomic mass is 35.5. The largest absolute Gasteiger partial charge is 0.507 e. The third kappa shape index (κ3) is 3.64. The minimum Gasteiger partial charge on any atom is -0.507 e. The molecule has 8 heteroatoms. The quantitative estimate of drug-likeness (QED) is 0.377. The van der Waals surface area contributed by atoms with E-state index in [0.29, 0.717) is 6.54 Å². The Kier molecular flexibility index (Phi) is 6.33. The van der Waals surface area contributed by atoms with E-state index < -0.39 is 17.7 Å². The van der Waals surface area contributed by atoms with Crippen molar-refractivity contribution in [1.29, 1.82) is 0 Å². The Bertz CT molecular complexity index is 940. The van der Waals surface area contributed by atoms with Crippen LogP contribution in [0.25, 0.3) is 5.76 Å². The number of carbonyl (C=O) groups excluding carboxylic acids is 2. The Hall–Kier alpha value is -2.02. The van der Waals surface area contributed by atoms with Crippen LogP contribution >= 0.6 is 34.5 Å². The molecule has 1 saturated heterocycles. The fraction of sp³-hybridized carbons (Fsp3) is 0.300. The first kappa shape index (κ1) is 20.7. The van der Waals surface area contributed by atoms with Gasteiger partial charge in [-0.15, -0.1) is 11.3 Å². The van der Waals surface area contributed by atoms with Gasteiger partial charge in [-0.05, 0) is 30.0 Å². The summed E-state index contributed by atoms with van der Waals surface area (Å²) in [5.41, 5.74) is 0.190. The van der Waals surface area contributed by atoms with Gasteiger partial charge in [0.2, 0.25) is 0 Å². The summed E-state index contributed by atoms with van der Waals surface area (Å²) in [4.78, 5) is 27.9. The monoisotopic (exact) mass is 439 g/mol. The third-order valence-corrected chi connectivity index (χ3v) is 6.00. The number of carbonyl (C=O) groups is 2. The normalized spacial score (nSPS) is 18.7. The van der Waals surface area contributed by atoms with Gasteiger partial charge < -0.3 is 14.7 Å². The van der Waals surface area contributed by atoms with E-state index in [1.807, 2.05) is 24.4 Å². The molecule has 5 nitrogen and oxygen atoms in total. The highest BCUT2D eigenvalue weighted by molar-refractivity contribution is 7.10. The Balaban J connectivity index is 2.22. The number of nitrogens with zero attached hydrogens (tertiary/aromatic N) is 1. The molecule has 1 aliphatic rings. The maximum absolute atomic E-state index is 12.9. The topological polar surface area (TPSA) is 66.8 Å². The van der Waals surface area contributed by atoms with Crippen molar-refractivity contribution in [3.8, 4) is 5.75 Å². The molecule has 1 aliphatic heterocycles. The summed E-state index contributed by atoms with van der Waals surface area (Å²) in [7, 11) is 1.41. The molecule has 0 spiro atoms. The second-order valence-electron chi connectivity index (χ2n) is 6.33. The Morgan fingerprint density at radius 3 is 2.68 bits per heavy atom. The average Bonchev–Trinajstić information content (AvgIpc) is 3.27. The number of methoxy groups -OCH3 is 1. The molecule has 1 N–H and O–H groups in total. The number of thiophene rings is 1. The number of hydrogen-bond donors (Lipinski definition) is 1. The van der Waals surface area contributed by atoms with Gasteiger partial charge in [0.15, 0.2) is 0 Å². The number of benzene rings is 1. The van der Waals surface area contributed by atoms with Crippen LogP contribution in [-0.2, 0) is 9.59 Å². The number of hydrogen-bond acceptors (Lipinski definition) is 5. The number of aliphatic hydroxyl groups is 1. The number of unbranched alkanes of at least 4 members (excludes halogenated alkanes) is 1. The van der Waals surface area contributed by atoms with Gasteiger partial charge in [0.05, 0.1) is 29.3 Å². The van der Waals surface area contributed by atoms with Gasteiger partial charge in [-0.25, -0.2) is 0 Å². The van der Waals surface area contributed by atoms with Gasteiger partial charge in [-0.2, -0.15) is 0 Å². The van der Waals surface area contributed by atoms with Crippen molar-refractivity contribution in [1.82, 2.24) is 4.90 Å². The van der Waals surface area contributed by atoms with Crippen LogP contribution in [0.2, 0.25) is 10.0 Å². The van der Waals surface area contributed by atoms with E-state index in [1.165, 1.54) is 35.5 Å². The fourth-order valence-electron chi connectivity index (χ4n) is 3.27. The second-order valence-corrected chi connectivity index (χ2v) is 8.15. The molecule has 0 aliphatic carbocycles. The zero-order chi connectivity index (χ0) is 20.4. The van der Waals surface area contributed by atoms with Crippen LogP contribution in [0.15, 0.2) is 35.2 Å². The molecule has 0 radical (unpaired) electrons. The maximum Gasteiger partial charge on any atom is 0.295 e. The lowest BCUT2D eigenvalue weighted by Gasteiger charge is -2.24. The van der Waals surface area contributed by atoms with E-state index in [1.54, 1.807) is 0 Å². The van der Waals surface area contributed by atoms with Crippen LogP contribution in [0.5, 0.6) is 5.75 Å². The molecule has 1 atom stereocenters. The Morgan fingerprint density at radius 1 is 1.32 bits per heavy atom. The summed E-state index contributed by atoms with van der Waals surface area (Å²) in [5.74, 6) is -1.52. The van der Waals surface area contributed by atoms with Crippen molar-refractivity contribution < 1.29 is 19.4 Å². The molecule has 1 unspecified atom stereocenters. The first-order valence-electron chi connectivity index (χ1n) is 8.75. The summed E-state index contributed by atoms with van der Waals surface area (Å²) in [6.45, 7) is 2.43. The van der Waals surface area contributed by atoms with Crippen molar-refractivity contribution in [2.24, 2.45) is 0 Å². The Labute approximate surface area is 177 Å². The molecular formula is C20H19Cl2NO4S. The van der Waals surface area contributed by atoms with Gasteiger partial charge in [0.25, 0.3) is 11.7 Å². The summed E-state index contributed by atoms with van der Waals surface area (Å²) in [5, 5.41) is 13.4. The molecule has 1 aromatic carbocycles. The SMILES string of the molecule is CCCCN1C(=O)C(=O)/C(=C(\O)c2cc(Cl)cc(Cl)c2OC)C1c1cccs1. The van der Waals surface area contributed by atoms with E-state index in [4.69, 9.17) is 27.9 Å². The van der Waals surface area contributed by atoms with Crippen LogP contribution in [0.4, 0.5) is 0 Å². The number of ether oxygens (including phenoxy) is 1. The van der Waals surface area contributed by atoms with Crippen LogP contribution in [-0.4, -0.2) is 35.4 Å². The molecule has 0 bridgehead atoms. The number of amides is 1. The summed E-state index contributed by atoms with van der Waals surface area (Å²) < 4.78 is 5.30. The van der Waals surface area contributed by atoms with Crippen LogP contribution in [0, 0.1) is 0 Å². The smallest absolute Gasteiger partial charge is 0.295 e. The number of aliphatic hydroxyl groups excluding tert-OH is 1. The molecular weight excluding hydrogens is 421 g/mol. The lowest BCUT2D eigenvalue weighted by Crippen LogP contribution is -2.30. The minimum absolute atomic E-state index is 0.0141. The lowest BCUT2D eigenvalue weighted by molar-refractivity contribution is -0.139. The van der Waals surface area contributed by atoms with Gasteiger partial charge in [-0.3, -0.25) is 9.59 Å². The molecule has 1 amide bonds. The molecule has 2 heterocycles. The van der Waals surface area contributed by atoms with Crippen LogP contribution in [0.3, 0.4) is 0 Å². The zero-order valence-corrected chi connectivity index (χ0v) is 17.7. The standard InChI is InChI=1S/C20H19Cl2NO4S/c1-3-4-7-23-16(14-6-5-8-28-14)15(18(25)20(23)26)17(24)12-9-11(21)10-13(22)19(12)27-2/h5-6,8-10,16,24H,3-4,7H2,1-2H3/b17-15-. The molecule has 1 aromatic heterocycles. The first-order chi connectivity index (χ1) is 13.4. The van der Waals surface area contributed by atoms with E-state index in [9.17, 15) is 14.7 Å². The Morgan fingerprint density at radius 2 is 2.07 bits per heavy atom. The van der Waals surface area contributed by atoms with Crippen molar-refractivity contribution in [2.75, 3.05) is 13.7 Å². The van der Waals surface area contributed by atoms with Crippen LogP contribution < -0.4 is 4.74 Å². The van der Waals surface area contributed by atoms with E-state index >= 15 is 0 Å². The van der Waals surface area contributed by atoms with E-state index in [2.05, 4.69) is 0 Å². The van der Waals surface area contributed by atoms with Crippen molar-refractivity contribution in [2.45, 2.75) is 25.8 Å². The van der Waals surface area contributed by atoms with Crippen molar-refractivity contribution in [3.63, 3.8) is 0 Å². The van der Waals surface area contributed by atoms with E-state index in [-0.39, 0.29) is 32.7 Å². The minimum atomic E-state index is -0.731. The highest BCUT2D eigenvalue weighted by Crippen LogP contribution is 2.44. The number of rotatable bonds is 6. The second kappa shape index (κ2) is 8.55. The number of likely N-dealkylation sites (tertiary alicyclic amines) is 1. The number of Topliss-reactive ketones (excluding diaryl/α,β-unsaturated/α-hetero) is 1. The molecule has 0 saturated carbocycles. The molecule has 28 heavy (non-hydrogen) atoms. The number of halogens is 2. The van der Waals surface area contributed by atoms with Gasteiger partial charge in [0, 0.05) is 16.4 Å². The average molecular weight is 440 g/mol. The molecule has 148 valence electrons. The summed E-state index contributed by atoms with van der Waals surface area (Å²) in [6.07, 6.45) is 1.62. The molecule has 2 aromatic rings. The number of ketones is 1. The van der Waals surface area contributed by atoms with E-state index in [0.717, 1.165) is 17.7 Å². The van der Waals surface area contributed by atoms with Crippen molar-refractivity contribution >= 4 is 52.0 Å². The third-order valence-electron chi connectivity index (χ3n) is 4.57. The van der Waals surface area contributed by atoms with Crippen LogP contribution in [0.1, 0.15) is 36.2 Å². The fourth-order valence-corrected chi connectivity index (χ4v) is 4.69. The van der Waals surface area contributed by atoms with Gasteiger partial charge >= 0.3 is 0 Å². The van der Waals surface area contributed by atoms with Crippen molar-refractivity contribution in [3.05, 3.63) is 55.7 Å². The predicted octanol–water partition coefficient (Wildman–Crippen LogP) is 5.29. The maximum atomic E-state index is 12.9.